The molecule has 0 amide bonds. The highest BCUT2D eigenvalue weighted by atomic mass is 35.5. The predicted octanol–water partition coefficient (Wildman–Crippen LogP) is 5.00. The first-order chi connectivity index (χ1) is 12.9. The Hall–Kier alpha value is -2.22. The number of rotatable bonds is 5. The van der Waals surface area contributed by atoms with Crippen LogP contribution in [0.15, 0.2) is 48.7 Å². The Balaban J connectivity index is 1.62. The lowest BCUT2D eigenvalue weighted by molar-refractivity contribution is 0.586. The van der Waals surface area contributed by atoms with E-state index in [1.807, 2.05) is 0 Å². The van der Waals surface area contributed by atoms with Gasteiger partial charge >= 0.3 is 0 Å². The third-order valence-electron chi connectivity index (χ3n) is 3.70. The summed E-state index contributed by atoms with van der Waals surface area (Å²) in [6.07, 6.45) is 1.55. The zero-order chi connectivity index (χ0) is 19.4. The molecule has 4 nitrogen and oxygen atoms in total. The third kappa shape index (κ3) is 5.15. The van der Waals surface area contributed by atoms with Crippen molar-refractivity contribution in [3.63, 3.8) is 0 Å². The summed E-state index contributed by atoms with van der Waals surface area (Å²) >= 11 is 17.4. The van der Waals surface area contributed by atoms with Crippen LogP contribution in [0.2, 0.25) is 10.0 Å². The minimum atomic E-state index is -0.417. The normalized spacial score (nSPS) is 10.7. The maximum Gasteiger partial charge on any atom is 0.173 e. The van der Waals surface area contributed by atoms with Gasteiger partial charge in [-0.15, -0.1) is 0 Å². The van der Waals surface area contributed by atoms with Crippen LogP contribution >= 0.6 is 35.4 Å². The second-order valence-corrected chi connectivity index (χ2v) is 6.88. The number of benzene rings is 2. The highest BCUT2D eigenvalue weighted by Crippen LogP contribution is 2.23. The number of nitrogens with zero attached hydrogens (tertiary/aromatic N) is 2. The zero-order valence-corrected chi connectivity index (χ0v) is 16.2. The summed E-state index contributed by atoms with van der Waals surface area (Å²) < 4.78 is 28.3. The number of thiocarbonyl (C=S) groups is 1. The van der Waals surface area contributed by atoms with Gasteiger partial charge in [-0.2, -0.15) is 5.10 Å². The molecule has 0 fully saturated rings. The lowest BCUT2D eigenvalue weighted by Crippen LogP contribution is -2.28. The molecule has 0 bridgehead atoms. The number of anilines is 1. The smallest absolute Gasteiger partial charge is 0.173 e. The van der Waals surface area contributed by atoms with Crippen LogP contribution in [-0.2, 0) is 13.1 Å². The van der Waals surface area contributed by atoms with E-state index in [1.54, 1.807) is 24.4 Å². The average molecular weight is 427 g/mol. The fraction of sp³-hybridized carbons (Fsp3) is 0.111. The summed E-state index contributed by atoms with van der Waals surface area (Å²) in [6, 6.07) is 10.5. The Bertz CT molecular complexity index is 940. The molecule has 0 aliphatic carbocycles. The van der Waals surface area contributed by atoms with Gasteiger partial charge in [-0.1, -0.05) is 41.4 Å². The fourth-order valence-electron chi connectivity index (χ4n) is 2.34. The first-order valence-electron chi connectivity index (χ1n) is 7.87. The van der Waals surface area contributed by atoms with E-state index in [4.69, 9.17) is 35.4 Å². The molecule has 0 radical (unpaired) electrons. The largest absolute Gasteiger partial charge is 0.358 e. The Morgan fingerprint density at radius 1 is 1.07 bits per heavy atom. The minimum absolute atomic E-state index is 0.128. The molecule has 0 saturated heterocycles. The highest BCUT2D eigenvalue weighted by Gasteiger charge is 2.12. The summed E-state index contributed by atoms with van der Waals surface area (Å²) in [5.41, 5.74) is 1.19. The van der Waals surface area contributed by atoms with Crippen molar-refractivity contribution in [1.29, 1.82) is 0 Å². The van der Waals surface area contributed by atoms with Gasteiger partial charge in [0.2, 0.25) is 0 Å². The van der Waals surface area contributed by atoms with E-state index in [0.717, 1.165) is 5.56 Å². The van der Waals surface area contributed by atoms with Gasteiger partial charge in [0.1, 0.15) is 16.7 Å². The summed E-state index contributed by atoms with van der Waals surface area (Å²) in [6.45, 7) is 0.540. The SMILES string of the molecule is Fc1ccc(CNC(=S)Nc2nn(Cc3c(F)cccc3Cl)cc2Cl)cc1. The van der Waals surface area contributed by atoms with E-state index in [1.165, 1.54) is 28.9 Å². The molecule has 0 unspecified atom stereocenters. The lowest BCUT2D eigenvalue weighted by atomic mass is 10.2. The number of hydrogen-bond acceptors (Lipinski definition) is 2. The molecule has 3 rings (SSSR count). The summed E-state index contributed by atoms with van der Waals surface area (Å²) in [5.74, 6) is -0.382. The van der Waals surface area contributed by atoms with Crippen molar-refractivity contribution in [1.82, 2.24) is 15.1 Å². The Morgan fingerprint density at radius 3 is 2.52 bits per heavy atom. The lowest BCUT2D eigenvalue weighted by Gasteiger charge is -2.09. The predicted molar refractivity (Wildman–Crippen MR) is 107 cm³/mol. The average Bonchev–Trinajstić information content (AvgIpc) is 2.97. The maximum atomic E-state index is 13.9. The molecule has 9 heteroatoms. The van der Waals surface area contributed by atoms with Crippen LogP contribution < -0.4 is 10.6 Å². The molecule has 0 aliphatic rings. The molecule has 1 heterocycles. The molecular formula is C18H14Cl2F2N4S. The van der Waals surface area contributed by atoms with Crippen molar-refractivity contribution in [3.8, 4) is 0 Å². The van der Waals surface area contributed by atoms with Gasteiger partial charge in [0, 0.05) is 23.3 Å². The first-order valence-corrected chi connectivity index (χ1v) is 9.04. The molecule has 27 heavy (non-hydrogen) atoms. The van der Waals surface area contributed by atoms with Gasteiger partial charge in [-0.25, -0.2) is 8.78 Å². The molecule has 2 aromatic carbocycles. The molecule has 1 aromatic heterocycles. The van der Waals surface area contributed by atoms with Crippen LogP contribution in [0.4, 0.5) is 14.6 Å². The summed E-state index contributed by atoms with van der Waals surface area (Å²) in [7, 11) is 0. The number of hydrogen-bond donors (Lipinski definition) is 2. The van der Waals surface area contributed by atoms with Crippen LogP contribution in [-0.4, -0.2) is 14.9 Å². The van der Waals surface area contributed by atoms with Crippen LogP contribution in [0.1, 0.15) is 11.1 Å². The molecule has 3 aromatic rings. The molecule has 0 saturated carbocycles. The molecular weight excluding hydrogens is 413 g/mol. The van der Waals surface area contributed by atoms with Crippen molar-refractivity contribution < 1.29 is 8.78 Å². The van der Waals surface area contributed by atoms with E-state index in [9.17, 15) is 8.78 Å². The van der Waals surface area contributed by atoms with Gasteiger partial charge in [0.05, 0.1) is 6.54 Å². The molecule has 0 atom stereocenters. The quantitative estimate of drug-likeness (QED) is 0.563. The maximum absolute atomic E-state index is 13.9. The monoisotopic (exact) mass is 426 g/mol. The molecule has 0 aliphatic heterocycles. The van der Waals surface area contributed by atoms with Crippen LogP contribution in [0.25, 0.3) is 0 Å². The van der Waals surface area contributed by atoms with Gasteiger partial charge < -0.3 is 10.6 Å². The minimum Gasteiger partial charge on any atom is -0.358 e. The van der Waals surface area contributed by atoms with Crippen molar-refractivity contribution in [3.05, 3.63) is 81.5 Å². The van der Waals surface area contributed by atoms with Crippen molar-refractivity contribution >= 4 is 46.4 Å². The second kappa shape index (κ2) is 8.65. The standard InChI is InChI=1S/C18H14Cl2F2N4S/c19-14-2-1-3-16(22)13(14)9-26-10-15(20)17(25-26)24-18(27)23-8-11-4-6-12(21)7-5-11/h1-7,10H,8-9H2,(H2,23,24,25,27). The number of aromatic nitrogens is 2. The molecule has 2 N–H and O–H groups in total. The number of halogens is 4. The first kappa shape index (κ1) is 19.5. The van der Waals surface area contributed by atoms with Gasteiger partial charge in [-0.3, -0.25) is 4.68 Å². The van der Waals surface area contributed by atoms with E-state index in [-0.39, 0.29) is 12.4 Å². The Labute approximate surface area is 170 Å². The van der Waals surface area contributed by atoms with E-state index < -0.39 is 5.82 Å². The van der Waals surface area contributed by atoms with Crippen LogP contribution in [0, 0.1) is 11.6 Å². The number of nitrogens with one attached hydrogen (secondary N) is 2. The molecule has 140 valence electrons. The van der Waals surface area contributed by atoms with Crippen molar-refractivity contribution in [2.24, 2.45) is 0 Å². The van der Waals surface area contributed by atoms with Crippen molar-refractivity contribution in [2.45, 2.75) is 13.1 Å². The van der Waals surface area contributed by atoms with Crippen LogP contribution in [0.5, 0.6) is 0 Å². The van der Waals surface area contributed by atoms with E-state index in [2.05, 4.69) is 15.7 Å². The highest BCUT2D eigenvalue weighted by molar-refractivity contribution is 7.80. The zero-order valence-electron chi connectivity index (χ0n) is 13.8. The van der Waals surface area contributed by atoms with E-state index >= 15 is 0 Å². The second-order valence-electron chi connectivity index (χ2n) is 5.66. The molecule has 0 spiro atoms. The van der Waals surface area contributed by atoms with Gasteiger partial charge in [0.15, 0.2) is 10.9 Å². The van der Waals surface area contributed by atoms with E-state index in [0.29, 0.717) is 33.1 Å². The summed E-state index contributed by atoms with van der Waals surface area (Å²) in [4.78, 5) is 0. The van der Waals surface area contributed by atoms with Crippen molar-refractivity contribution in [2.75, 3.05) is 5.32 Å². The van der Waals surface area contributed by atoms with Crippen LogP contribution in [0.3, 0.4) is 0 Å². The topological polar surface area (TPSA) is 41.9 Å². The summed E-state index contributed by atoms with van der Waals surface area (Å²) in [5, 5.41) is 11.1. The van der Waals surface area contributed by atoms with Gasteiger partial charge in [0.25, 0.3) is 0 Å². The Morgan fingerprint density at radius 2 is 1.81 bits per heavy atom. The van der Waals surface area contributed by atoms with Gasteiger partial charge in [-0.05, 0) is 42.0 Å². The Kier molecular flexibility index (Phi) is 6.26. The third-order valence-corrected chi connectivity index (χ3v) is 4.57. The fourth-order valence-corrected chi connectivity index (χ4v) is 2.93.